The first-order valence-electron chi connectivity index (χ1n) is 8.31. The number of benzene rings is 2. The molecular formula is C19H21FN2O4. The zero-order valence-electron chi connectivity index (χ0n) is 14.5. The maximum atomic E-state index is 13.7. The molecule has 0 unspecified atom stereocenters. The van der Waals surface area contributed by atoms with Crippen LogP contribution in [-0.4, -0.2) is 26.5 Å². The molecule has 6 nitrogen and oxygen atoms in total. The van der Waals surface area contributed by atoms with E-state index in [0.717, 1.165) is 5.56 Å². The number of ether oxygens (including phenoxy) is 3. The SMILES string of the molecule is COCc1ccccc1NC(=O)NCCc1cc(F)cc2c1OCOC2. The summed E-state index contributed by atoms with van der Waals surface area (Å²) in [5.74, 6) is 0.302. The summed E-state index contributed by atoms with van der Waals surface area (Å²) in [6.45, 7) is 1.23. The molecule has 0 saturated heterocycles. The molecule has 0 aromatic heterocycles. The number of carbonyl (C=O) groups excluding carboxylic acids is 1. The van der Waals surface area contributed by atoms with Gasteiger partial charge < -0.3 is 24.8 Å². The zero-order valence-corrected chi connectivity index (χ0v) is 14.5. The molecule has 138 valence electrons. The number of methoxy groups -OCH3 is 1. The fourth-order valence-corrected chi connectivity index (χ4v) is 2.84. The van der Waals surface area contributed by atoms with Crippen LogP contribution in [0.15, 0.2) is 36.4 Å². The molecule has 0 spiro atoms. The molecule has 2 aromatic rings. The molecule has 2 amide bonds. The Labute approximate surface area is 151 Å². The number of hydrogen-bond donors (Lipinski definition) is 2. The maximum Gasteiger partial charge on any atom is 0.319 e. The van der Waals surface area contributed by atoms with Crippen molar-refractivity contribution in [2.45, 2.75) is 19.6 Å². The molecule has 3 rings (SSSR count). The normalized spacial score (nSPS) is 12.8. The number of halogens is 1. The first-order chi connectivity index (χ1) is 12.7. The van der Waals surface area contributed by atoms with Crippen molar-refractivity contribution in [3.63, 3.8) is 0 Å². The molecule has 26 heavy (non-hydrogen) atoms. The summed E-state index contributed by atoms with van der Waals surface area (Å²) in [4.78, 5) is 12.1. The van der Waals surface area contributed by atoms with Crippen LogP contribution in [0.1, 0.15) is 16.7 Å². The second-order valence-corrected chi connectivity index (χ2v) is 5.88. The number of anilines is 1. The average Bonchev–Trinajstić information content (AvgIpc) is 2.63. The Morgan fingerprint density at radius 2 is 2.12 bits per heavy atom. The predicted octanol–water partition coefficient (Wildman–Crippen LogP) is 3.20. The van der Waals surface area contributed by atoms with Crippen LogP contribution in [0, 0.1) is 5.82 Å². The molecule has 0 aliphatic carbocycles. The highest BCUT2D eigenvalue weighted by atomic mass is 19.1. The van der Waals surface area contributed by atoms with Gasteiger partial charge in [0.1, 0.15) is 11.6 Å². The third-order valence-electron chi connectivity index (χ3n) is 4.00. The number of hydrogen-bond acceptors (Lipinski definition) is 4. The predicted molar refractivity (Wildman–Crippen MR) is 94.6 cm³/mol. The van der Waals surface area contributed by atoms with Crippen LogP contribution in [0.25, 0.3) is 0 Å². The molecule has 7 heteroatoms. The second-order valence-electron chi connectivity index (χ2n) is 5.88. The summed E-state index contributed by atoms with van der Waals surface area (Å²) in [5.41, 5.74) is 2.97. The van der Waals surface area contributed by atoms with Crippen LogP contribution in [-0.2, 0) is 29.1 Å². The van der Waals surface area contributed by atoms with Gasteiger partial charge in [0.05, 0.1) is 13.2 Å². The van der Waals surface area contributed by atoms with Gasteiger partial charge in [-0.05, 0) is 30.2 Å². The molecule has 1 aliphatic rings. The lowest BCUT2D eigenvalue weighted by Gasteiger charge is -2.21. The lowest BCUT2D eigenvalue weighted by atomic mass is 10.1. The van der Waals surface area contributed by atoms with Gasteiger partial charge in [-0.25, -0.2) is 9.18 Å². The topological polar surface area (TPSA) is 68.8 Å². The van der Waals surface area contributed by atoms with E-state index in [1.165, 1.54) is 12.1 Å². The molecule has 1 heterocycles. The molecule has 2 N–H and O–H groups in total. The highest BCUT2D eigenvalue weighted by molar-refractivity contribution is 5.90. The van der Waals surface area contributed by atoms with E-state index in [-0.39, 0.29) is 18.6 Å². The Morgan fingerprint density at radius 3 is 2.96 bits per heavy atom. The number of nitrogens with one attached hydrogen (secondary N) is 2. The highest BCUT2D eigenvalue weighted by Crippen LogP contribution is 2.29. The Kier molecular flexibility index (Phi) is 6.04. The minimum Gasteiger partial charge on any atom is -0.467 e. The van der Waals surface area contributed by atoms with Gasteiger partial charge in [0.2, 0.25) is 0 Å². The van der Waals surface area contributed by atoms with Gasteiger partial charge in [-0.1, -0.05) is 18.2 Å². The van der Waals surface area contributed by atoms with E-state index in [4.69, 9.17) is 14.2 Å². The smallest absolute Gasteiger partial charge is 0.319 e. The lowest BCUT2D eigenvalue weighted by Crippen LogP contribution is -2.31. The third kappa shape index (κ3) is 4.50. The largest absolute Gasteiger partial charge is 0.467 e. The van der Waals surface area contributed by atoms with Crippen molar-refractivity contribution in [3.05, 3.63) is 58.9 Å². The van der Waals surface area contributed by atoms with Crippen molar-refractivity contribution in [2.24, 2.45) is 0 Å². The van der Waals surface area contributed by atoms with E-state index in [0.29, 0.717) is 48.7 Å². The molecule has 1 aliphatic heterocycles. The summed E-state index contributed by atoms with van der Waals surface area (Å²) >= 11 is 0. The molecule has 0 bridgehead atoms. The van der Waals surface area contributed by atoms with E-state index in [9.17, 15) is 9.18 Å². The molecule has 0 saturated carbocycles. The fourth-order valence-electron chi connectivity index (χ4n) is 2.84. The third-order valence-corrected chi connectivity index (χ3v) is 4.00. The van der Waals surface area contributed by atoms with E-state index in [1.807, 2.05) is 24.3 Å². The number of rotatable bonds is 6. The van der Waals surface area contributed by atoms with Crippen molar-refractivity contribution < 1.29 is 23.4 Å². The van der Waals surface area contributed by atoms with Crippen LogP contribution in [0.2, 0.25) is 0 Å². The zero-order chi connectivity index (χ0) is 18.4. The highest BCUT2D eigenvalue weighted by Gasteiger charge is 2.17. The molecule has 0 atom stereocenters. The minimum atomic E-state index is -0.342. The Morgan fingerprint density at radius 1 is 1.27 bits per heavy atom. The van der Waals surface area contributed by atoms with Gasteiger partial charge in [0, 0.05) is 30.5 Å². The number of carbonyl (C=O) groups is 1. The van der Waals surface area contributed by atoms with Crippen LogP contribution in [0.5, 0.6) is 5.75 Å². The summed E-state index contributed by atoms with van der Waals surface area (Å²) in [7, 11) is 1.60. The van der Waals surface area contributed by atoms with Crippen molar-refractivity contribution in [2.75, 3.05) is 25.8 Å². The molecule has 2 aromatic carbocycles. The van der Waals surface area contributed by atoms with Gasteiger partial charge in [0.15, 0.2) is 6.79 Å². The van der Waals surface area contributed by atoms with Crippen LogP contribution < -0.4 is 15.4 Å². The first kappa shape index (κ1) is 18.2. The first-order valence-corrected chi connectivity index (χ1v) is 8.31. The fraction of sp³-hybridized carbons (Fsp3) is 0.316. The van der Waals surface area contributed by atoms with Gasteiger partial charge >= 0.3 is 6.03 Å². The molecule has 0 fully saturated rings. The average molecular weight is 360 g/mol. The van der Waals surface area contributed by atoms with E-state index in [2.05, 4.69) is 10.6 Å². The van der Waals surface area contributed by atoms with Gasteiger partial charge in [-0.3, -0.25) is 0 Å². The van der Waals surface area contributed by atoms with Crippen molar-refractivity contribution in [1.29, 1.82) is 0 Å². The summed E-state index contributed by atoms with van der Waals surface area (Å²) < 4.78 is 29.5. The van der Waals surface area contributed by atoms with Crippen molar-refractivity contribution in [1.82, 2.24) is 5.32 Å². The second kappa shape index (κ2) is 8.64. The Bertz CT molecular complexity index is 782. The maximum absolute atomic E-state index is 13.7. The monoisotopic (exact) mass is 360 g/mol. The molecular weight excluding hydrogens is 339 g/mol. The van der Waals surface area contributed by atoms with E-state index >= 15 is 0 Å². The number of amides is 2. The number of para-hydroxylation sites is 1. The Balaban J connectivity index is 1.57. The standard InChI is InChI=1S/C19H21FN2O4/c1-24-10-14-4-2-3-5-17(14)22-19(23)21-7-6-13-8-16(20)9-15-11-25-12-26-18(13)15/h2-5,8-9H,6-7,10-12H2,1H3,(H2,21,22,23). The van der Waals surface area contributed by atoms with Crippen LogP contribution >= 0.6 is 0 Å². The Hall–Kier alpha value is -2.64. The number of fused-ring (bicyclic) bond motifs is 1. The molecule has 0 radical (unpaired) electrons. The van der Waals surface area contributed by atoms with Gasteiger partial charge in [-0.15, -0.1) is 0 Å². The summed E-state index contributed by atoms with van der Waals surface area (Å²) in [6, 6.07) is 9.93. The van der Waals surface area contributed by atoms with Crippen LogP contribution in [0.3, 0.4) is 0 Å². The minimum absolute atomic E-state index is 0.149. The van der Waals surface area contributed by atoms with Gasteiger partial charge in [-0.2, -0.15) is 0 Å². The summed E-state index contributed by atoms with van der Waals surface area (Å²) in [5, 5.41) is 5.58. The number of urea groups is 1. The van der Waals surface area contributed by atoms with Crippen molar-refractivity contribution in [3.8, 4) is 5.75 Å². The van der Waals surface area contributed by atoms with Crippen molar-refractivity contribution >= 4 is 11.7 Å². The lowest BCUT2D eigenvalue weighted by molar-refractivity contribution is -0.0172. The summed E-state index contributed by atoms with van der Waals surface area (Å²) in [6.07, 6.45) is 0.452. The van der Waals surface area contributed by atoms with E-state index < -0.39 is 0 Å². The van der Waals surface area contributed by atoms with Gasteiger partial charge in [0.25, 0.3) is 0 Å². The van der Waals surface area contributed by atoms with E-state index in [1.54, 1.807) is 7.11 Å². The van der Waals surface area contributed by atoms with Crippen LogP contribution in [0.4, 0.5) is 14.9 Å². The quantitative estimate of drug-likeness (QED) is 0.830.